The van der Waals surface area contributed by atoms with Gasteiger partial charge >= 0.3 is 6.18 Å². The van der Waals surface area contributed by atoms with E-state index in [0.717, 1.165) is 61.7 Å². The van der Waals surface area contributed by atoms with Crippen LogP contribution in [0.5, 0.6) is 0 Å². The molecule has 16 aromatic rings. The van der Waals surface area contributed by atoms with E-state index in [4.69, 9.17) is 0 Å². The predicted octanol–water partition coefficient (Wildman–Crippen LogP) is 40.7. The van der Waals surface area contributed by atoms with E-state index in [1.54, 1.807) is 24.3 Å². The molecule has 0 aromatic heterocycles. The van der Waals surface area contributed by atoms with E-state index in [2.05, 4.69) is 375 Å². The second kappa shape index (κ2) is 51.5. The summed E-state index contributed by atoms with van der Waals surface area (Å²) in [6, 6.07) is 123. The zero-order valence-corrected chi connectivity index (χ0v) is 86.5. The molecule has 0 N–H and O–H groups in total. The molecule has 0 heterocycles. The van der Waals surface area contributed by atoms with Crippen molar-refractivity contribution < 1.29 is 26.3 Å². The van der Waals surface area contributed by atoms with E-state index >= 15 is 0 Å². The van der Waals surface area contributed by atoms with Crippen LogP contribution in [0.15, 0.2) is 364 Å². The SMILES string of the molecule is CC(C)c1cccc(-c2ccc(C(C)(C)C)cc2)c1.Cc1cc(-c2cccc(C(C)C)c2)ccc1C(F)(F)F.Cc1ccc(-c2cc(F)cc(C(C)C)c2)cc1.Cc1ccc(-c2ccc(F)c(C(C)C)c2)cc1.Cc1ccc(-c2cccc(C(C)C)c2)cc1.Cc1ccc(-c2cccc(C(C)C)c2)cc1.Cc1ccc(-c2cccc(C(C)C)c2)cc1.Cc1ccc(-c2cccc(C(C)C)c2F)cc1. The molecule has 0 radical (unpaired) electrons. The van der Waals surface area contributed by atoms with E-state index in [0.29, 0.717) is 41.1 Å². The van der Waals surface area contributed by atoms with Crippen LogP contribution in [-0.2, 0) is 11.6 Å². The van der Waals surface area contributed by atoms with E-state index in [1.807, 2.05) is 126 Å². The lowest BCUT2D eigenvalue weighted by Crippen LogP contribution is -2.10. The maximum Gasteiger partial charge on any atom is 0.416 e. The van der Waals surface area contributed by atoms with Crippen LogP contribution in [0.2, 0.25) is 0 Å². The van der Waals surface area contributed by atoms with Crippen molar-refractivity contribution in [3.63, 3.8) is 0 Å². The van der Waals surface area contributed by atoms with E-state index in [9.17, 15) is 26.3 Å². The van der Waals surface area contributed by atoms with Crippen LogP contribution < -0.4 is 0 Å². The van der Waals surface area contributed by atoms with Gasteiger partial charge in [0.15, 0.2) is 0 Å². The van der Waals surface area contributed by atoms with Crippen molar-refractivity contribution in [1.29, 1.82) is 0 Å². The summed E-state index contributed by atoms with van der Waals surface area (Å²) >= 11 is 0. The van der Waals surface area contributed by atoms with Gasteiger partial charge in [0, 0.05) is 5.56 Å². The first-order valence-electron chi connectivity index (χ1n) is 49.0. The van der Waals surface area contributed by atoms with Crippen molar-refractivity contribution in [3.8, 4) is 89.0 Å². The summed E-state index contributed by atoms with van der Waals surface area (Å²) < 4.78 is 79.7. The Morgan fingerprint density at radius 2 is 0.457 bits per heavy atom. The molecular formula is C132H146F6. The standard InChI is InChI=1S/C19H24.C17H17F3.3C16H17F.3C16H18/c1-14(2)16-7-6-8-17(13-16)15-9-11-18(12-10-15)19(3,4)5;1-11(2)13-5-4-6-14(10-13)15-7-8-16(12(3)9-15)17(18,19)20;1-11(2)14-8-15(10-16(17)9-14)13-6-4-12(3)5-7-13;1-11(2)15-10-14(8-9-16(15)17)13-6-4-12(3)5-7-13;1-11(2)14-5-4-6-15(16(14)17)13-9-7-12(3)8-10-13;3*1-12(2)15-5-4-6-16(11-15)14-9-7-13(3)8-10-14/h6-14H,1-5H3;4-11H,1-3H3;3*4-11H,1-3H3;3*4-12H,1-3H3. The predicted molar refractivity (Wildman–Crippen MR) is 584 cm³/mol. The lowest BCUT2D eigenvalue weighted by molar-refractivity contribution is -0.138. The van der Waals surface area contributed by atoms with Crippen molar-refractivity contribution in [2.45, 2.75) is 239 Å². The Morgan fingerprint density at radius 3 is 0.746 bits per heavy atom. The normalized spacial score (nSPS) is 11.1. The number of benzene rings is 16. The highest BCUT2D eigenvalue weighted by atomic mass is 19.4. The number of rotatable bonds is 16. The Labute approximate surface area is 824 Å². The molecule has 16 rings (SSSR count). The van der Waals surface area contributed by atoms with Gasteiger partial charge in [-0.05, 0) is 271 Å². The Hall–Kier alpha value is -12.9. The monoisotopic (exact) mass is 1850 g/mol. The third kappa shape index (κ3) is 33.2. The zero-order valence-electron chi connectivity index (χ0n) is 86.5. The molecule has 0 atom stereocenters. The van der Waals surface area contributed by atoms with Gasteiger partial charge in [0.2, 0.25) is 0 Å². The second-order valence-corrected chi connectivity index (χ2v) is 40.1. The minimum Gasteiger partial charge on any atom is -0.207 e. The molecule has 138 heavy (non-hydrogen) atoms. The fraction of sp³-hybridized carbons (Fsp3) is 0.273. The van der Waals surface area contributed by atoms with Crippen LogP contribution in [0.25, 0.3) is 89.0 Å². The smallest absolute Gasteiger partial charge is 0.207 e. The number of halogens is 6. The largest absolute Gasteiger partial charge is 0.416 e. The van der Waals surface area contributed by atoms with Crippen LogP contribution in [0.4, 0.5) is 26.3 Å². The Morgan fingerprint density at radius 1 is 0.203 bits per heavy atom. The molecule has 0 aliphatic carbocycles. The van der Waals surface area contributed by atoms with Crippen molar-refractivity contribution in [1.82, 2.24) is 0 Å². The van der Waals surface area contributed by atoms with E-state index < -0.39 is 11.7 Å². The summed E-state index contributed by atoms with van der Waals surface area (Å²) in [6.07, 6.45) is -4.29. The number of hydrogen-bond donors (Lipinski definition) is 0. The van der Waals surface area contributed by atoms with Crippen LogP contribution >= 0.6 is 0 Å². The first kappa shape index (κ1) is 109. The zero-order chi connectivity index (χ0) is 101. The molecule has 0 bridgehead atoms. The maximum absolute atomic E-state index is 14.3. The van der Waals surface area contributed by atoms with Crippen molar-refractivity contribution in [3.05, 3.63) is 476 Å². The minimum atomic E-state index is -4.29. The molecule has 6 heteroatoms. The molecule has 0 saturated carbocycles. The highest BCUT2D eigenvalue weighted by Crippen LogP contribution is 2.38. The van der Waals surface area contributed by atoms with Gasteiger partial charge in [-0.15, -0.1) is 0 Å². The average Bonchev–Trinajstić information content (AvgIpc) is 0.800. The molecule has 0 nitrogen and oxygen atoms in total. The van der Waals surface area contributed by atoms with Gasteiger partial charge in [0.25, 0.3) is 0 Å². The lowest BCUT2D eigenvalue weighted by Gasteiger charge is -2.19. The van der Waals surface area contributed by atoms with Gasteiger partial charge in [-0.2, -0.15) is 13.2 Å². The molecule has 0 spiro atoms. The van der Waals surface area contributed by atoms with Crippen molar-refractivity contribution in [2.75, 3.05) is 0 Å². The van der Waals surface area contributed by atoms with Crippen molar-refractivity contribution >= 4 is 0 Å². The summed E-state index contributed by atoms with van der Waals surface area (Å²) in [6.45, 7) is 55.0. The average molecular weight is 1850 g/mol. The summed E-state index contributed by atoms with van der Waals surface area (Å²) in [5.41, 5.74) is 36.3. The summed E-state index contributed by atoms with van der Waals surface area (Å²) in [5, 5.41) is 0. The first-order valence-corrected chi connectivity index (χ1v) is 49.0. The van der Waals surface area contributed by atoms with Gasteiger partial charge in [-0.3, -0.25) is 0 Å². The highest BCUT2D eigenvalue weighted by molar-refractivity contribution is 5.72. The van der Waals surface area contributed by atoms with Crippen molar-refractivity contribution in [2.24, 2.45) is 0 Å². The first-order chi connectivity index (χ1) is 65.4. The summed E-state index contributed by atoms with van der Waals surface area (Å²) in [4.78, 5) is 0. The van der Waals surface area contributed by atoms with E-state index in [-0.39, 0.29) is 40.3 Å². The molecule has 0 unspecified atom stereocenters. The molecule has 0 saturated heterocycles. The molecule has 0 aliphatic rings. The molecule has 716 valence electrons. The van der Waals surface area contributed by atoms with Gasteiger partial charge in [-0.1, -0.05) is 499 Å². The Kier molecular flexibility index (Phi) is 40.6. The highest BCUT2D eigenvalue weighted by Gasteiger charge is 2.32. The molecule has 16 aromatic carbocycles. The Balaban J connectivity index is 0.000000177. The number of hydrogen-bond acceptors (Lipinski definition) is 0. The summed E-state index contributed by atoms with van der Waals surface area (Å²) in [7, 11) is 0. The topological polar surface area (TPSA) is 0 Å². The number of alkyl halides is 3. The molecule has 0 aliphatic heterocycles. The maximum atomic E-state index is 14.3. The molecular weight excluding hydrogens is 1700 g/mol. The Bertz CT molecular complexity index is 6220. The van der Waals surface area contributed by atoms with Crippen LogP contribution in [0.3, 0.4) is 0 Å². The fourth-order valence-corrected chi connectivity index (χ4v) is 15.7. The van der Waals surface area contributed by atoms with E-state index in [1.165, 1.54) is 124 Å². The quantitative estimate of drug-likeness (QED) is 0.0846. The van der Waals surface area contributed by atoms with Gasteiger partial charge in [0.1, 0.15) is 17.5 Å². The van der Waals surface area contributed by atoms with Crippen LogP contribution in [-0.4, -0.2) is 0 Å². The fourth-order valence-electron chi connectivity index (χ4n) is 15.7. The lowest BCUT2D eigenvalue weighted by atomic mass is 9.86. The van der Waals surface area contributed by atoms with Gasteiger partial charge in [0.05, 0.1) is 5.56 Å². The molecule has 0 fully saturated rings. The summed E-state index contributed by atoms with van der Waals surface area (Å²) in [5.74, 6) is 3.13. The van der Waals surface area contributed by atoms with Gasteiger partial charge < -0.3 is 0 Å². The third-order valence-electron chi connectivity index (χ3n) is 24.9. The number of aryl methyl sites for hydroxylation is 7. The molecule has 0 amide bonds. The van der Waals surface area contributed by atoms with Gasteiger partial charge in [-0.25, -0.2) is 13.2 Å². The van der Waals surface area contributed by atoms with Crippen LogP contribution in [0.1, 0.15) is 273 Å². The van der Waals surface area contributed by atoms with Crippen LogP contribution in [0, 0.1) is 65.9 Å². The minimum absolute atomic E-state index is 0.0913. The second-order valence-electron chi connectivity index (χ2n) is 40.1. The third-order valence-corrected chi connectivity index (χ3v) is 24.9.